The van der Waals surface area contributed by atoms with Crippen molar-refractivity contribution in [1.82, 2.24) is 9.88 Å². The zero-order valence-electron chi connectivity index (χ0n) is 14.7. The third-order valence-electron chi connectivity index (χ3n) is 5.81. The smallest absolute Gasteiger partial charge is 0.225 e. The number of nitrogens with zero attached hydrogens (tertiary/aromatic N) is 1. The maximum Gasteiger partial charge on any atom is 0.225 e. The van der Waals surface area contributed by atoms with Gasteiger partial charge >= 0.3 is 0 Å². The average Bonchev–Trinajstić information content (AvgIpc) is 2.80. The first kappa shape index (κ1) is 15.6. The molecule has 24 heavy (non-hydrogen) atoms. The van der Waals surface area contributed by atoms with Crippen LogP contribution in [-0.4, -0.2) is 29.4 Å². The lowest BCUT2D eigenvalue weighted by molar-refractivity contribution is -0.137. The van der Waals surface area contributed by atoms with E-state index in [2.05, 4.69) is 22.9 Å². The Bertz CT molecular complexity index is 772. The molecule has 1 aliphatic carbocycles. The Morgan fingerprint density at radius 2 is 2.00 bits per heavy atom. The predicted octanol–water partition coefficient (Wildman–Crippen LogP) is 3.95. The van der Waals surface area contributed by atoms with E-state index in [1.54, 1.807) is 7.11 Å². The van der Waals surface area contributed by atoms with Gasteiger partial charge < -0.3 is 14.6 Å². The van der Waals surface area contributed by atoms with Gasteiger partial charge in [0, 0.05) is 41.2 Å². The first-order valence-corrected chi connectivity index (χ1v) is 9.15. The van der Waals surface area contributed by atoms with Crippen LogP contribution < -0.4 is 4.74 Å². The van der Waals surface area contributed by atoms with E-state index in [1.807, 2.05) is 6.07 Å². The van der Waals surface area contributed by atoms with Gasteiger partial charge in [-0.3, -0.25) is 4.79 Å². The first-order chi connectivity index (χ1) is 11.7. The molecule has 4 heteroatoms. The quantitative estimate of drug-likeness (QED) is 0.908. The van der Waals surface area contributed by atoms with Crippen LogP contribution in [0.1, 0.15) is 48.9 Å². The van der Waals surface area contributed by atoms with Crippen LogP contribution in [0.5, 0.6) is 5.75 Å². The van der Waals surface area contributed by atoms with Crippen molar-refractivity contribution in [2.45, 2.75) is 52.0 Å². The summed E-state index contributed by atoms with van der Waals surface area (Å²) in [6, 6.07) is 4.11. The molecule has 0 unspecified atom stereocenters. The molecule has 0 atom stereocenters. The van der Waals surface area contributed by atoms with Gasteiger partial charge in [-0.15, -0.1) is 0 Å². The molecule has 1 fully saturated rings. The molecule has 1 amide bonds. The summed E-state index contributed by atoms with van der Waals surface area (Å²) < 4.78 is 5.62. The van der Waals surface area contributed by atoms with Crippen LogP contribution in [0.25, 0.3) is 10.9 Å². The molecular formula is C20H26N2O2. The van der Waals surface area contributed by atoms with Crippen molar-refractivity contribution in [3.05, 3.63) is 29.0 Å². The highest BCUT2D eigenvalue weighted by Gasteiger charge is 2.29. The van der Waals surface area contributed by atoms with E-state index in [0.29, 0.717) is 12.5 Å². The third kappa shape index (κ3) is 2.48. The van der Waals surface area contributed by atoms with Crippen molar-refractivity contribution in [1.29, 1.82) is 0 Å². The Morgan fingerprint density at radius 1 is 1.21 bits per heavy atom. The van der Waals surface area contributed by atoms with Crippen molar-refractivity contribution in [3.63, 3.8) is 0 Å². The minimum atomic E-state index is 0.226. The summed E-state index contributed by atoms with van der Waals surface area (Å²) in [7, 11) is 1.72. The van der Waals surface area contributed by atoms with Gasteiger partial charge in [-0.2, -0.15) is 0 Å². The highest BCUT2D eigenvalue weighted by Crippen LogP contribution is 2.36. The van der Waals surface area contributed by atoms with E-state index in [4.69, 9.17) is 4.74 Å². The standard InChI is InChI=1S/C20H26N2O2/c1-13-15-10-11-22(20(23)14-6-4-3-5-7-14)12-16-18(24-2)9-8-17(21-13)19(15)16/h8-9,14,21H,3-7,10-12H2,1-2H3. The van der Waals surface area contributed by atoms with Gasteiger partial charge in [-0.25, -0.2) is 0 Å². The van der Waals surface area contributed by atoms with Crippen LogP contribution in [0.15, 0.2) is 12.1 Å². The number of hydrogen-bond acceptors (Lipinski definition) is 2. The van der Waals surface area contributed by atoms with Gasteiger partial charge in [0.2, 0.25) is 5.91 Å². The summed E-state index contributed by atoms with van der Waals surface area (Å²) in [5.41, 5.74) is 4.88. The van der Waals surface area contributed by atoms with Crippen LogP contribution in [0, 0.1) is 12.8 Å². The fourth-order valence-corrected chi connectivity index (χ4v) is 4.52. The summed E-state index contributed by atoms with van der Waals surface area (Å²) in [4.78, 5) is 18.6. The Labute approximate surface area is 143 Å². The van der Waals surface area contributed by atoms with E-state index in [1.165, 1.54) is 35.9 Å². The van der Waals surface area contributed by atoms with Gasteiger partial charge in [-0.1, -0.05) is 19.3 Å². The number of benzene rings is 1. The minimum Gasteiger partial charge on any atom is -0.496 e. The normalized spacial score (nSPS) is 18.7. The van der Waals surface area contributed by atoms with Crippen molar-refractivity contribution >= 4 is 16.8 Å². The van der Waals surface area contributed by atoms with Crippen LogP contribution in [0.3, 0.4) is 0 Å². The van der Waals surface area contributed by atoms with E-state index in [-0.39, 0.29) is 5.92 Å². The number of methoxy groups -OCH3 is 1. The Morgan fingerprint density at radius 3 is 2.75 bits per heavy atom. The number of ether oxygens (including phenoxy) is 1. The zero-order chi connectivity index (χ0) is 16.7. The lowest BCUT2D eigenvalue weighted by Crippen LogP contribution is -2.37. The largest absolute Gasteiger partial charge is 0.496 e. The molecule has 2 aromatic rings. The Hall–Kier alpha value is -1.97. The number of aryl methyl sites for hydroxylation is 1. The Balaban J connectivity index is 1.71. The summed E-state index contributed by atoms with van der Waals surface area (Å²) >= 11 is 0. The maximum atomic E-state index is 13.1. The van der Waals surface area contributed by atoms with E-state index < -0.39 is 0 Å². The highest BCUT2D eigenvalue weighted by atomic mass is 16.5. The molecule has 0 bridgehead atoms. The number of hydrogen-bond donors (Lipinski definition) is 1. The lowest BCUT2D eigenvalue weighted by Gasteiger charge is -2.29. The molecular weight excluding hydrogens is 300 g/mol. The number of carbonyl (C=O) groups excluding carboxylic acids is 1. The van der Waals surface area contributed by atoms with Gasteiger partial charge in [0.05, 0.1) is 7.11 Å². The van der Waals surface area contributed by atoms with E-state index in [9.17, 15) is 4.79 Å². The van der Waals surface area contributed by atoms with Crippen LogP contribution in [0.2, 0.25) is 0 Å². The SMILES string of the molecule is COc1ccc2[nH]c(C)c3c2c1CN(C(=O)C1CCCCC1)CC3. The molecule has 1 saturated carbocycles. The number of H-pyrrole nitrogens is 1. The van der Waals surface area contributed by atoms with E-state index >= 15 is 0 Å². The summed E-state index contributed by atoms with van der Waals surface area (Å²) in [5.74, 6) is 1.47. The fraction of sp³-hybridized carbons (Fsp3) is 0.550. The number of aromatic nitrogens is 1. The molecule has 1 aromatic heterocycles. The highest BCUT2D eigenvalue weighted by molar-refractivity contribution is 5.91. The zero-order valence-corrected chi connectivity index (χ0v) is 14.7. The molecule has 4 rings (SSSR count). The molecule has 0 radical (unpaired) electrons. The van der Waals surface area contributed by atoms with Gasteiger partial charge in [0.1, 0.15) is 5.75 Å². The predicted molar refractivity (Wildman–Crippen MR) is 95.3 cm³/mol. The summed E-state index contributed by atoms with van der Waals surface area (Å²) in [5, 5.41) is 1.27. The monoisotopic (exact) mass is 326 g/mol. The van der Waals surface area contributed by atoms with Crippen molar-refractivity contribution < 1.29 is 9.53 Å². The van der Waals surface area contributed by atoms with Crippen LogP contribution >= 0.6 is 0 Å². The second-order valence-electron chi connectivity index (χ2n) is 7.24. The van der Waals surface area contributed by atoms with Gasteiger partial charge in [-0.05, 0) is 43.9 Å². The molecule has 2 aliphatic rings. The van der Waals surface area contributed by atoms with Gasteiger partial charge in [0.25, 0.3) is 0 Å². The summed E-state index contributed by atoms with van der Waals surface area (Å²) in [6.45, 7) is 3.60. The van der Waals surface area contributed by atoms with Crippen LogP contribution in [0.4, 0.5) is 0 Å². The Kier molecular flexibility index (Phi) is 3.99. The molecule has 1 aliphatic heterocycles. The molecule has 1 N–H and O–H groups in total. The van der Waals surface area contributed by atoms with Crippen molar-refractivity contribution in [3.8, 4) is 5.75 Å². The van der Waals surface area contributed by atoms with Crippen LogP contribution in [-0.2, 0) is 17.8 Å². The number of carbonyl (C=O) groups is 1. The topological polar surface area (TPSA) is 45.3 Å². The number of amides is 1. The van der Waals surface area contributed by atoms with Crippen molar-refractivity contribution in [2.75, 3.05) is 13.7 Å². The van der Waals surface area contributed by atoms with E-state index in [0.717, 1.165) is 42.6 Å². The van der Waals surface area contributed by atoms with Crippen molar-refractivity contribution in [2.24, 2.45) is 5.92 Å². The molecule has 4 nitrogen and oxygen atoms in total. The lowest BCUT2D eigenvalue weighted by atomic mass is 9.88. The second kappa shape index (κ2) is 6.15. The minimum absolute atomic E-state index is 0.226. The maximum absolute atomic E-state index is 13.1. The number of rotatable bonds is 2. The molecule has 1 aromatic carbocycles. The molecule has 2 heterocycles. The second-order valence-corrected chi connectivity index (χ2v) is 7.24. The molecule has 0 spiro atoms. The average molecular weight is 326 g/mol. The van der Waals surface area contributed by atoms with Gasteiger partial charge in [0.15, 0.2) is 0 Å². The molecule has 128 valence electrons. The number of nitrogens with one attached hydrogen (secondary N) is 1. The summed E-state index contributed by atoms with van der Waals surface area (Å²) in [6.07, 6.45) is 6.71. The number of aromatic amines is 1. The fourth-order valence-electron chi connectivity index (χ4n) is 4.52. The third-order valence-corrected chi connectivity index (χ3v) is 5.81. The molecule has 0 saturated heterocycles. The first-order valence-electron chi connectivity index (χ1n) is 9.15.